The quantitative estimate of drug-likeness (QED) is 0.144. The minimum absolute atomic E-state index is 0.0236. The molecule has 0 bridgehead atoms. The van der Waals surface area contributed by atoms with Crippen LogP contribution in [0.4, 0.5) is 0 Å². The number of aliphatic hydroxyl groups is 1. The minimum Gasteiger partial charge on any atom is -0.458 e. The smallest absolute Gasteiger partial charge is 0.332 e. The Morgan fingerprint density at radius 3 is 1.06 bits per heavy atom. The van der Waals surface area contributed by atoms with Crippen LogP contribution in [0.1, 0.15) is 20.8 Å². The summed E-state index contributed by atoms with van der Waals surface area (Å²) in [7, 11) is 0. The maximum Gasteiger partial charge on any atom is 0.332 e. The Bertz CT molecular complexity index is 416. The SMILES string of the molecule is CC(C)(C)OC(=O)COCCOCCOCCOCCOCCOCCOCCOCCO. The zero-order valence-corrected chi connectivity index (χ0v) is 20.6. The predicted molar refractivity (Wildman–Crippen MR) is 119 cm³/mol. The van der Waals surface area contributed by atoms with Crippen LogP contribution in [0.25, 0.3) is 0 Å². The molecule has 198 valence electrons. The first-order chi connectivity index (χ1) is 16.0. The van der Waals surface area contributed by atoms with Gasteiger partial charge in [0, 0.05) is 0 Å². The molecule has 0 rings (SSSR count). The van der Waals surface area contributed by atoms with Gasteiger partial charge in [-0.2, -0.15) is 0 Å². The van der Waals surface area contributed by atoms with E-state index in [0.717, 1.165) is 0 Å². The molecule has 0 heterocycles. The summed E-state index contributed by atoms with van der Waals surface area (Å²) in [5.74, 6) is -0.385. The molecule has 0 atom stereocenters. The lowest BCUT2D eigenvalue weighted by atomic mass is 10.2. The highest BCUT2D eigenvalue weighted by Gasteiger charge is 2.15. The molecule has 33 heavy (non-hydrogen) atoms. The largest absolute Gasteiger partial charge is 0.458 e. The van der Waals surface area contributed by atoms with Crippen LogP contribution in [0.2, 0.25) is 0 Å². The second kappa shape index (κ2) is 24.2. The molecule has 0 unspecified atom stereocenters. The molecule has 0 aromatic carbocycles. The summed E-state index contributed by atoms with van der Waals surface area (Å²) < 4.78 is 47.6. The molecular formula is C22H44O11. The average Bonchev–Trinajstić information content (AvgIpc) is 2.75. The fourth-order valence-electron chi connectivity index (χ4n) is 2.13. The lowest BCUT2D eigenvalue weighted by Crippen LogP contribution is -2.27. The fraction of sp³-hybridized carbons (Fsp3) is 0.955. The van der Waals surface area contributed by atoms with Gasteiger partial charge in [0.15, 0.2) is 0 Å². The van der Waals surface area contributed by atoms with Gasteiger partial charge in [-0.05, 0) is 20.8 Å². The maximum absolute atomic E-state index is 11.4. The number of carbonyl (C=O) groups is 1. The van der Waals surface area contributed by atoms with Crippen molar-refractivity contribution in [3.63, 3.8) is 0 Å². The number of carbonyl (C=O) groups excluding carboxylic acids is 1. The van der Waals surface area contributed by atoms with Crippen LogP contribution in [0.3, 0.4) is 0 Å². The third kappa shape index (κ3) is 29.1. The second-order valence-electron chi connectivity index (χ2n) is 7.65. The van der Waals surface area contributed by atoms with Crippen LogP contribution < -0.4 is 0 Å². The third-order valence-electron chi connectivity index (χ3n) is 3.48. The lowest BCUT2D eigenvalue weighted by molar-refractivity contribution is -0.160. The number of ether oxygens (including phenoxy) is 9. The molecule has 0 aromatic rings. The minimum atomic E-state index is -0.505. The highest BCUT2D eigenvalue weighted by Crippen LogP contribution is 2.06. The number of rotatable bonds is 25. The predicted octanol–water partition coefficient (Wildman–Crippen LogP) is 0.453. The van der Waals surface area contributed by atoms with Gasteiger partial charge in [-0.15, -0.1) is 0 Å². The molecule has 0 saturated carbocycles. The monoisotopic (exact) mass is 484 g/mol. The first-order valence-corrected chi connectivity index (χ1v) is 11.4. The third-order valence-corrected chi connectivity index (χ3v) is 3.48. The van der Waals surface area contributed by atoms with E-state index in [1.54, 1.807) is 0 Å². The maximum atomic E-state index is 11.4. The summed E-state index contributed by atoms with van der Waals surface area (Å²) in [5, 5.41) is 8.54. The van der Waals surface area contributed by atoms with Crippen molar-refractivity contribution in [1.82, 2.24) is 0 Å². The number of aliphatic hydroxyl groups excluding tert-OH is 1. The molecule has 0 radical (unpaired) electrons. The van der Waals surface area contributed by atoms with Crippen molar-refractivity contribution in [1.29, 1.82) is 0 Å². The Kier molecular flexibility index (Phi) is 23.6. The van der Waals surface area contributed by atoms with Gasteiger partial charge < -0.3 is 47.7 Å². The average molecular weight is 485 g/mol. The van der Waals surface area contributed by atoms with Crippen molar-refractivity contribution >= 4 is 5.97 Å². The van der Waals surface area contributed by atoms with Crippen molar-refractivity contribution in [3.8, 4) is 0 Å². The van der Waals surface area contributed by atoms with Crippen molar-refractivity contribution in [2.75, 3.05) is 112 Å². The van der Waals surface area contributed by atoms with Crippen molar-refractivity contribution < 1.29 is 52.5 Å². The highest BCUT2D eigenvalue weighted by molar-refractivity contribution is 5.71. The molecule has 0 fully saturated rings. The van der Waals surface area contributed by atoms with E-state index in [2.05, 4.69) is 0 Å². The van der Waals surface area contributed by atoms with Crippen molar-refractivity contribution in [2.45, 2.75) is 26.4 Å². The zero-order chi connectivity index (χ0) is 24.5. The van der Waals surface area contributed by atoms with E-state index < -0.39 is 5.60 Å². The zero-order valence-electron chi connectivity index (χ0n) is 20.6. The van der Waals surface area contributed by atoms with E-state index in [9.17, 15) is 4.79 Å². The molecule has 0 aliphatic rings. The summed E-state index contributed by atoms with van der Waals surface area (Å²) in [5.41, 5.74) is -0.505. The molecule has 0 amide bonds. The van der Waals surface area contributed by atoms with E-state index >= 15 is 0 Å². The fourth-order valence-corrected chi connectivity index (χ4v) is 2.13. The van der Waals surface area contributed by atoms with E-state index in [1.165, 1.54) is 0 Å². The summed E-state index contributed by atoms with van der Waals surface area (Å²) in [6.07, 6.45) is 0. The normalized spacial score (nSPS) is 11.8. The van der Waals surface area contributed by atoms with E-state index in [0.29, 0.717) is 99.1 Å². The van der Waals surface area contributed by atoms with Crippen LogP contribution in [-0.2, 0) is 47.4 Å². The number of esters is 1. The van der Waals surface area contributed by atoms with Crippen LogP contribution >= 0.6 is 0 Å². The molecular weight excluding hydrogens is 440 g/mol. The van der Waals surface area contributed by atoms with Crippen LogP contribution in [-0.4, -0.2) is 129 Å². The Balaban J connectivity index is 3.10. The van der Waals surface area contributed by atoms with E-state index in [1.807, 2.05) is 20.8 Å². The van der Waals surface area contributed by atoms with Crippen LogP contribution in [0.5, 0.6) is 0 Å². The highest BCUT2D eigenvalue weighted by atomic mass is 16.6. The molecule has 1 N–H and O–H groups in total. The van der Waals surface area contributed by atoms with Gasteiger partial charge in [0.2, 0.25) is 0 Å². The first-order valence-electron chi connectivity index (χ1n) is 11.4. The molecule has 0 saturated heterocycles. The number of hydrogen-bond acceptors (Lipinski definition) is 11. The van der Waals surface area contributed by atoms with Gasteiger partial charge in [-0.25, -0.2) is 4.79 Å². The van der Waals surface area contributed by atoms with E-state index in [4.69, 9.17) is 47.7 Å². The molecule has 0 aliphatic heterocycles. The first kappa shape index (κ1) is 32.1. The van der Waals surface area contributed by atoms with Gasteiger partial charge in [-0.3, -0.25) is 0 Å². The Labute approximate surface area is 197 Å². The topological polar surface area (TPSA) is 120 Å². The van der Waals surface area contributed by atoms with Gasteiger partial charge in [-0.1, -0.05) is 0 Å². The molecule has 0 spiro atoms. The molecule has 11 heteroatoms. The van der Waals surface area contributed by atoms with Gasteiger partial charge in [0.1, 0.15) is 12.2 Å². The second-order valence-corrected chi connectivity index (χ2v) is 7.65. The summed E-state index contributed by atoms with van der Waals surface area (Å²) >= 11 is 0. The Morgan fingerprint density at radius 2 is 0.788 bits per heavy atom. The Morgan fingerprint density at radius 1 is 0.515 bits per heavy atom. The van der Waals surface area contributed by atoms with Crippen molar-refractivity contribution in [2.24, 2.45) is 0 Å². The van der Waals surface area contributed by atoms with Crippen LogP contribution in [0, 0.1) is 0 Å². The van der Waals surface area contributed by atoms with Crippen molar-refractivity contribution in [3.05, 3.63) is 0 Å². The summed E-state index contributed by atoms with van der Waals surface area (Å²) in [6, 6.07) is 0. The van der Waals surface area contributed by atoms with Gasteiger partial charge in [0.25, 0.3) is 0 Å². The van der Waals surface area contributed by atoms with Crippen LogP contribution in [0.15, 0.2) is 0 Å². The van der Waals surface area contributed by atoms with Gasteiger partial charge in [0.05, 0.1) is 106 Å². The molecule has 0 aromatic heterocycles. The van der Waals surface area contributed by atoms with E-state index in [-0.39, 0.29) is 19.2 Å². The molecule has 11 nitrogen and oxygen atoms in total. The lowest BCUT2D eigenvalue weighted by Gasteiger charge is -2.19. The Hall–Kier alpha value is -0.890. The molecule has 0 aliphatic carbocycles. The summed E-state index contributed by atoms with van der Waals surface area (Å²) in [6.45, 7) is 12.2. The standard InChI is InChI=1S/C22H44O11/c1-22(2,3)33-21(24)20-32-19-18-31-17-16-30-15-14-29-13-12-28-11-10-27-9-8-26-7-6-25-5-4-23/h23H,4-20H2,1-3H3. The summed E-state index contributed by atoms with van der Waals surface area (Å²) in [4.78, 5) is 11.4. The van der Waals surface area contributed by atoms with Gasteiger partial charge >= 0.3 is 5.97 Å². The number of hydrogen-bond donors (Lipinski definition) is 1.